The van der Waals surface area contributed by atoms with Crippen LogP contribution < -0.4 is 15.4 Å². The summed E-state index contributed by atoms with van der Waals surface area (Å²) >= 11 is 0. The first-order valence-corrected chi connectivity index (χ1v) is 10.2. The number of hydrogen-bond donors (Lipinski definition) is 2. The van der Waals surface area contributed by atoms with E-state index >= 15 is 0 Å². The van der Waals surface area contributed by atoms with Crippen molar-refractivity contribution in [2.75, 3.05) is 6.54 Å². The predicted octanol–water partition coefficient (Wildman–Crippen LogP) is 4.78. The summed E-state index contributed by atoms with van der Waals surface area (Å²) in [6, 6.07) is 7.65. The summed E-state index contributed by atoms with van der Waals surface area (Å²) < 4.78 is 32.0. The van der Waals surface area contributed by atoms with Gasteiger partial charge in [-0.3, -0.25) is 4.68 Å². The Hall–Kier alpha value is -1.91. The average molecular weight is 533 g/mol. The number of aliphatic imine (C=N–C) groups is 1. The first-order chi connectivity index (χ1) is 14.0. The van der Waals surface area contributed by atoms with E-state index in [-0.39, 0.29) is 36.3 Å². The van der Waals surface area contributed by atoms with Gasteiger partial charge < -0.3 is 15.4 Å². The highest BCUT2D eigenvalue weighted by molar-refractivity contribution is 14.0. The third-order valence-electron chi connectivity index (χ3n) is 4.98. The number of guanidine groups is 1. The second-order valence-corrected chi connectivity index (χ2v) is 7.26. The highest BCUT2D eigenvalue weighted by Crippen LogP contribution is 2.28. The maximum atomic E-state index is 12.7. The van der Waals surface area contributed by atoms with Gasteiger partial charge in [0, 0.05) is 18.3 Å². The summed E-state index contributed by atoms with van der Waals surface area (Å²) in [6.07, 6.45) is 6.96. The lowest BCUT2D eigenvalue weighted by Gasteiger charge is -2.13. The first-order valence-electron chi connectivity index (χ1n) is 10.2. The Kier molecular flexibility index (Phi) is 9.80. The van der Waals surface area contributed by atoms with Crippen molar-refractivity contribution >= 4 is 29.9 Å². The molecule has 1 heterocycles. The molecule has 1 aromatic carbocycles. The minimum atomic E-state index is -2.86. The number of aryl methyl sites for hydroxylation is 1. The number of alkyl halides is 2. The summed E-state index contributed by atoms with van der Waals surface area (Å²) in [5, 5.41) is 11.1. The van der Waals surface area contributed by atoms with Crippen LogP contribution in [0.4, 0.5) is 8.78 Å². The molecular weight excluding hydrogens is 503 g/mol. The zero-order valence-corrected chi connectivity index (χ0v) is 19.7. The number of benzene rings is 1. The van der Waals surface area contributed by atoms with Crippen LogP contribution in [0.3, 0.4) is 0 Å². The van der Waals surface area contributed by atoms with Gasteiger partial charge in [-0.1, -0.05) is 30.5 Å². The molecule has 2 aromatic rings. The maximum absolute atomic E-state index is 12.7. The molecule has 2 N–H and O–H groups in total. The largest absolute Gasteiger partial charge is 0.434 e. The molecule has 0 aliphatic heterocycles. The van der Waals surface area contributed by atoms with Crippen molar-refractivity contribution in [2.45, 2.75) is 65.3 Å². The first kappa shape index (κ1) is 24.4. The molecule has 1 fully saturated rings. The highest BCUT2D eigenvalue weighted by Gasteiger charge is 2.17. The van der Waals surface area contributed by atoms with Gasteiger partial charge in [-0.15, -0.1) is 24.0 Å². The van der Waals surface area contributed by atoms with E-state index in [0.29, 0.717) is 30.7 Å². The lowest BCUT2D eigenvalue weighted by Crippen LogP contribution is -2.37. The van der Waals surface area contributed by atoms with Gasteiger partial charge in [-0.2, -0.15) is 13.9 Å². The second-order valence-electron chi connectivity index (χ2n) is 7.26. The molecule has 0 unspecified atom stereocenters. The summed E-state index contributed by atoms with van der Waals surface area (Å²) in [4.78, 5) is 4.53. The molecule has 0 atom stereocenters. The van der Waals surface area contributed by atoms with Crippen LogP contribution in [0.25, 0.3) is 0 Å². The molecule has 30 heavy (non-hydrogen) atoms. The molecule has 0 amide bonds. The molecule has 1 aliphatic carbocycles. The Morgan fingerprint density at radius 1 is 1.27 bits per heavy atom. The van der Waals surface area contributed by atoms with E-state index in [1.54, 1.807) is 12.1 Å². The molecule has 1 aromatic heterocycles. The van der Waals surface area contributed by atoms with Crippen molar-refractivity contribution in [3.8, 4) is 5.75 Å². The zero-order chi connectivity index (χ0) is 20.6. The standard InChI is InChI=1S/C21H29F2N5O.HI/c1-3-24-21(25-13-16-12-15(2)8-9-19(16)29-20(22)23)26-14-17-10-11-28(27-17)18-6-4-5-7-18;/h8-12,18,20H,3-7,13-14H2,1-2H3,(H2,24,25,26);1H. The molecule has 1 aliphatic rings. The third-order valence-corrected chi connectivity index (χ3v) is 4.98. The number of hydrogen-bond acceptors (Lipinski definition) is 3. The Bertz CT molecular complexity index is 821. The predicted molar refractivity (Wildman–Crippen MR) is 125 cm³/mol. The van der Waals surface area contributed by atoms with Crippen molar-refractivity contribution < 1.29 is 13.5 Å². The fourth-order valence-corrected chi connectivity index (χ4v) is 3.57. The van der Waals surface area contributed by atoms with Gasteiger partial charge in [0.05, 0.1) is 24.8 Å². The van der Waals surface area contributed by atoms with E-state index < -0.39 is 6.61 Å². The smallest absolute Gasteiger partial charge is 0.387 e. The minimum absolute atomic E-state index is 0. The number of aromatic nitrogens is 2. The summed E-state index contributed by atoms with van der Waals surface area (Å²) in [5.41, 5.74) is 2.53. The normalized spacial score (nSPS) is 14.6. The SMILES string of the molecule is CCNC(=NCc1cc(C)ccc1OC(F)F)NCc1ccn(C2CCCC2)n1.I. The summed E-state index contributed by atoms with van der Waals surface area (Å²) in [7, 11) is 0. The van der Waals surface area contributed by atoms with Crippen LogP contribution >= 0.6 is 24.0 Å². The summed E-state index contributed by atoms with van der Waals surface area (Å²) in [5.74, 6) is 0.757. The molecule has 166 valence electrons. The summed E-state index contributed by atoms with van der Waals surface area (Å²) in [6.45, 7) is 2.49. The van der Waals surface area contributed by atoms with E-state index in [9.17, 15) is 8.78 Å². The molecule has 0 saturated heterocycles. The molecule has 3 rings (SSSR count). The Morgan fingerprint density at radius 2 is 2.03 bits per heavy atom. The molecule has 9 heteroatoms. The van der Waals surface area contributed by atoms with Gasteiger partial charge in [-0.05, 0) is 38.8 Å². The third kappa shape index (κ3) is 7.10. The van der Waals surface area contributed by atoms with Crippen LogP contribution in [0.5, 0.6) is 5.75 Å². The Morgan fingerprint density at radius 3 is 2.73 bits per heavy atom. The Balaban J connectivity index is 0.00000320. The van der Waals surface area contributed by atoms with Crippen LogP contribution in [0.15, 0.2) is 35.5 Å². The van der Waals surface area contributed by atoms with E-state index in [4.69, 9.17) is 0 Å². The van der Waals surface area contributed by atoms with Crippen molar-refractivity contribution in [1.29, 1.82) is 0 Å². The number of nitrogens with one attached hydrogen (secondary N) is 2. The molecule has 0 bridgehead atoms. The van der Waals surface area contributed by atoms with Crippen molar-refractivity contribution in [1.82, 2.24) is 20.4 Å². The molecular formula is C21H30F2IN5O. The molecule has 1 saturated carbocycles. The number of rotatable bonds is 8. The van der Waals surface area contributed by atoms with Crippen LogP contribution in [-0.2, 0) is 13.1 Å². The van der Waals surface area contributed by atoms with Crippen LogP contribution in [0.1, 0.15) is 55.5 Å². The topological polar surface area (TPSA) is 63.5 Å². The second kappa shape index (κ2) is 12.1. The van der Waals surface area contributed by atoms with Gasteiger partial charge in [-0.25, -0.2) is 4.99 Å². The van der Waals surface area contributed by atoms with E-state index in [2.05, 4.69) is 30.1 Å². The van der Waals surface area contributed by atoms with E-state index in [1.165, 1.54) is 25.7 Å². The molecule has 0 spiro atoms. The minimum Gasteiger partial charge on any atom is -0.434 e. The quantitative estimate of drug-likeness (QED) is 0.291. The number of halogens is 3. The number of ether oxygens (including phenoxy) is 1. The van der Waals surface area contributed by atoms with Crippen molar-refractivity contribution in [3.05, 3.63) is 47.3 Å². The van der Waals surface area contributed by atoms with E-state index in [1.807, 2.05) is 32.2 Å². The number of nitrogens with zero attached hydrogens (tertiary/aromatic N) is 3. The monoisotopic (exact) mass is 533 g/mol. The van der Waals surface area contributed by atoms with E-state index in [0.717, 1.165) is 11.3 Å². The lowest BCUT2D eigenvalue weighted by molar-refractivity contribution is -0.0504. The van der Waals surface area contributed by atoms with Gasteiger partial charge in [0.2, 0.25) is 0 Å². The zero-order valence-electron chi connectivity index (χ0n) is 17.4. The van der Waals surface area contributed by atoms with Gasteiger partial charge in [0.25, 0.3) is 0 Å². The van der Waals surface area contributed by atoms with Gasteiger partial charge >= 0.3 is 6.61 Å². The van der Waals surface area contributed by atoms with Crippen LogP contribution in [0, 0.1) is 6.92 Å². The van der Waals surface area contributed by atoms with Crippen LogP contribution in [0.2, 0.25) is 0 Å². The fraction of sp³-hybridized carbons (Fsp3) is 0.524. The van der Waals surface area contributed by atoms with Gasteiger partial charge in [0.15, 0.2) is 5.96 Å². The highest BCUT2D eigenvalue weighted by atomic mass is 127. The molecule has 0 radical (unpaired) electrons. The van der Waals surface area contributed by atoms with Crippen molar-refractivity contribution in [3.63, 3.8) is 0 Å². The van der Waals surface area contributed by atoms with Crippen LogP contribution in [-0.4, -0.2) is 28.9 Å². The average Bonchev–Trinajstić information content (AvgIpc) is 3.37. The Labute approximate surface area is 193 Å². The lowest BCUT2D eigenvalue weighted by atomic mass is 10.1. The fourth-order valence-electron chi connectivity index (χ4n) is 3.57. The molecule has 6 nitrogen and oxygen atoms in total. The van der Waals surface area contributed by atoms with Crippen molar-refractivity contribution in [2.24, 2.45) is 4.99 Å². The maximum Gasteiger partial charge on any atom is 0.387 e. The van der Waals surface area contributed by atoms with Gasteiger partial charge in [0.1, 0.15) is 5.75 Å².